The Morgan fingerprint density at radius 1 is 1.04 bits per heavy atom. The van der Waals surface area contributed by atoms with E-state index in [9.17, 15) is 9.59 Å². The van der Waals surface area contributed by atoms with Crippen LogP contribution in [0.15, 0.2) is 54.6 Å². The number of aryl methyl sites for hydroxylation is 1. The second-order valence-corrected chi connectivity index (χ2v) is 5.73. The largest absolute Gasteiger partial charge is 0.368 e. The molecule has 3 N–H and O–H groups in total. The molecule has 0 saturated heterocycles. The number of hydrogen-bond acceptors (Lipinski definition) is 2. The van der Waals surface area contributed by atoms with E-state index in [-0.39, 0.29) is 5.91 Å². The highest BCUT2D eigenvalue weighted by atomic mass is 35.5. The van der Waals surface area contributed by atoms with Crippen molar-refractivity contribution in [2.24, 2.45) is 5.73 Å². The molecular formula is C18H19ClN2O2. The van der Waals surface area contributed by atoms with Crippen molar-refractivity contribution in [3.63, 3.8) is 0 Å². The number of rotatable bonds is 7. The number of halogens is 1. The molecule has 2 aromatic rings. The lowest BCUT2D eigenvalue weighted by molar-refractivity contribution is -0.127. The molecule has 0 aromatic heterocycles. The number of amides is 2. The average molecular weight is 331 g/mol. The molecule has 5 heteroatoms. The van der Waals surface area contributed by atoms with Crippen LogP contribution in [-0.2, 0) is 16.0 Å². The van der Waals surface area contributed by atoms with Gasteiger partial charge in [-0.15, -0.1) is 0 Å². The van der Waals surface area contributed by atoms with E-state index >= 15 is 0 Å². The van der Waals surface area contributed by atoms with Gasteiger partial charge in [0.15, 0.2) is 0 Å². The number of carbonyl (C=O) groups excluding carboxylic acids is 2. The van der Waals surface area contributed by atoms with Gasteiger partial charge in [0.05, 0.1) is 0 Å². The topological polar surface area (TPSA) is 72.2 Å². The molecule has 1 atom stereocenters. The van der Waals surface area contributed by atoms with Crippen LogP contribution in [0.5, 0.6) is 0 Å². The molecule has 2 amide bonds. The third kappa shape index (κ3) is 5.42. The Labute approximate surface area is 140 Å². The van der Waals surface area contributed by atoms with Gasteiger partial charge < -0.3 is 11.1 Å². The maximum absolute atomic E-state index is 12.0. The Kier molecular flexibility index (Phi) is 6.18. The highest BCUT2D eigenvalue weighted by Crippen LogP contribution is 2.14. The first-order chi connectivity index (χ1) is 11.1. The highest BCUT2D eigenvalue weighted by molar-refractivity contribution is 6.30. The fourth-order valence-corrected chi connectivity index (χ4v) is 2.43. The predicted molar refractivity (Wildman–Crippen MR) is 90.9 cm³/mol. The molecule has 0 radical (unpaired) electrons. The summed E-state index contributed by atoms with van der Waals surface area (Å²) in [6, 6.07) is 15.7. The van der Waals surface area contributed by atoms with E-state index in [2.05, 4.69) is 5.32 Å². The summed E-state index contributed by atoms with van der Waals surface area (Å²) in [5.74, 6) is -0.756. The summed E-state index contributed by atoms with van der Waals surface area (Å²) in [6.07, 6.45) is 1.80. The molecule has 0 bridgehead atoms. The molecule has 0 saturated carbocycles. The Bertz CT molecular complexity index is 656. The van der Waals surface area contributed by atoms with Crippen LogP contribution in [0.25, 0.3) is 0 Å². The Balaban J connectivity index is 1.85. The molecule has 0 unspecified atom stereocenters. The highest BCUT2D eigenvalue weighted by Gasteiger charge is 2.19. The second kappa shape index (κ2) is 8.34. The van der Waals surface area contributed by atoms with E-state index in [0.717, 1.165) is 12.0 Å². The monoisotopic (exact) mass is 330 g/mol. The molecule has 0 aliphatic rings. The number of carbonyl (C=O) groups is 2. The summed E-state index contributed by atoms with van der Waals surface area (Å²) in [5, 5.41) is 3.39. The molecular weight excluding hydrogens is 312 g/mol. The van der Waals surface area contributed by atoms with Crippen LogP contribution in [-0.4, -0.2) is 11.8 Å². The van der Waals surface area contributed by atoms with E-state index < -0.39 is 11.9 Å². The zero-order chi connectivity index (χ0) is 16.7. The van der Waals surface area contributed by atoms with E-state index in [0.29, 0.717) is 23.4 Å². The summed E-state index contributed by atoms with van der Waals surface area (Å²) in [4.78, 5) is 23.6. The molecule has 120 valence electrons. The normalized spacial score (nSPS) is 11.7. The van der Waals surface area contributed by atoms with Crippen LogP contribution in [0.4, 0.5) is 0 Å². The summed E-state index contributed by atoms with van der Waals surface area (Å²) in [5.41, 5.74) is 7.19. The number of primary amides is 1. The molecule has 0 aliphatic heterocycles. The maximum Gasteiger partial charge on any atom is 0.244 e. The third-order valence-corrected chi connectivity index (χ3v) is 3.76. The fourth-order valence-electron chi connectivity index (χ4n) is 2.30. The number of nitrogens with two attached hydrogens (primary N) is 1. The van der Waals surface area contributed by atoms with Crippen LogP contribution in [0, 0.1) is 0 Å². The van der Waals surface area contributed by atoms with E-state index in [1.807, 2.05) is 30.3 Å². The van der Waals surface area contributed by atoms with Crippen molar-refractivity contribution in [3.8, 4) is 0 Å². The minimum absolute atomic E-state index is 0.188. The first-order valence-electron chi connectivity index (χ1n) is 7.44. The van der Waals surface area contributed by atoms with Crippen molar-refractivity contribution in [1.82, 2.24) is 5.32 Å². The summed E-state index contributed by atoms with van der Waals surface area (Å²) in [6.45, 7) is 0. The van der Waals surface area contributed by atoms with Gasteiger partial charge in [-0.3, -0.25) is 9.59 Å². The third-order valence-electron chi connectivity index (χ3n) is 3.51. The van der Waals surface area contributed by atoms with Gasteiger partial charge in [0, 0.05) is 11.4 Å². The van der Waals surface area contributed by atoms with Gasteiger partial charge in [-0.25, -0.2) is 0 Å². The standard InChI is InChI=1S/C18H19ClN2O2/c19-15-11-9-13(10-12-15)5-4-8-16(22)21-17(18(20)23)14-6-2-1-3-7-14/h1-3,6-7,9-12,17H,4-5,8H2,(H2,20,23)(H,21,22)/t17-/m0/s1. The minimum Gasteiger partial charge on any atom is -0.368 e. The Morgan fingerprint density at radius 3 is 2.30 bits per heavy atom. The van der Waals surface area contributed by atoms with Crippen molar-refractivity contribution in [2.45, 2.75) is 25.3 Å². The van der Waals surface area contributed by atoms with Crippen molar-refractivity contribution < 1.29 is 9.59 Å². The lowest BCUT2D eigenvalue weighted by atomic mass is 10.1. The first-order valence-corrected chi connectivity index (χ1v) is 7.82. The van der Waals surface area contributed by atoms with E-state index in [4.69, 9.17) is 17.3 Å². The zero-order valence-electron chi connectivity index (χ0n) is 12.7. The lowest BCUT2D eigenvalue weighted by Crippen LogP contribution is -2.37. The minimum atomic E-state index is -0.792. The Hall–Kier alpha value is -2.33. The van der Waals surface area contributed by atoms with Gasteiger partial charge in [-0.2, -0.15) is 0 Å². The summed E-state index contributed by atoms with van der Waals surface area (Å²) in [7, 11) is 0. The lowest BCUT2D eigenvalue weighted by Gasteiger charge is -2.15. The van der Waals surface area contributed by atoms with Crippen molar-refractivity contribution in [2.75, 3.05) is 0 Å². The fraction of sp³-hybridized carbons (Fsp3) is 0.222. The molecule has 0 heterocycles. The summed E-state index contributed by atoms with van der Waals surface area (Å²) >= 11 is 5.83. The molecule has 2 aromatic carbocycles. The second-order valence-electron chi connectivity index (χ2n) is 5.29. The molecule has 0 fully saturated rings. The number of benzene rings is 2. The van der Waals surface area contributed by atoms with Crippen LogP contribution >= 0.6 is 11.6 Å². The van der Waals surface area contributed by atoms with Crippen molar-refractivity contribution in [1.29, 1.82) is 0 Å². The van der Waals surface area contributed by atoms with Crippen molar-refractivity contribution >= 4 is 23.4 Å². The van der Waals surface area contributed by atoms with Gasteiger partial charge in [-0.05, 0) is 36.1 Å². The Morgan fingerprint density at radius 2 is 1.70 bits per heavy atom. The van der Waals surface area contributed by atoms with Crippen LogP contribution in [0.3, 0.4) is 0 Å². The van der Waals surface area contributed by atoms with E-state index in [1.165, 1.54) is 0 Å². The van der Waals surface area contributed by atoms with Gasteiger partial charge in [0.25, 0.3) is 0 Å². The smallest absolute Gasteiger partial charge is 0.244 e. The van der Waals surface area contributed by atoms with Gasteiger partial charge in [0.2, 0.25) is 11.8 Å². The number of nitrogens with one attached hydrogen (secondary N) is 1. The quantitative estimate of drug-likeness (QED) is 0.819. The van der Waals surface area contributed by atoms with Gasteiger partial charge >= 0.3 is 0 Å². The summed E-state index contributed by atoms with van der Waals surface area (Å²) < 4.78 is 0. The predicted octanol–water partition coefficient (Wildman–Crippen LogP) is 3.01. The maximum atomic E-state index is 12.0. The van der Waals surface area contributed by atoms with Crippen LogP contribution in [0.2, 0.25) is 5.02 Å². The number of hydrogen-bond donors (Lipinski definition) is 2. The molecule has 0 aliphatic carbocycles. The zero-order valence-corrected chi connectivity index (χ0v) is 13.4. The molecule has 4 nitrogen and oxygen atoms in total. The molecule has 0 spiro atoms. The van der Waals surface area contributed by atoms with Gasteiger partial charge in [0.1, 0.15) is 6.04 Å². The SMILES string of the molecule is NC(=O)[C@@H](NC(=O)CCCc1ccc(Cl)cc1)c1ccccc1. The van der Waals surface area contributed by atoms with Crippen LogP contribution < -0.4 is 11.1 Å². The van der Waals surface area contributed by atoms with E-state index in [1.54, 1.807) is 24.3 Å². The van der Waals surface area contributed by atoms with Crippen LogP contribution in [0.1, 0.15) is 30.0 Å². The molecule has 23 heavy (non-hydrogen) atoms. The van der Waals surface area contributed by atoms with Gasteiger partial charge in [-0.1, -0.05) is 54.1 Å². The van der Waals surface area contributed by atoms with Crippen molar-refractivity contribution in [3.05, 3.63) is 70.7 Å². The molecule has 2 rings (SSSR count). The average Bonchev–Trinajstić information content (AvgIpc) is 2.55. The first kappa shape index (κ1) is 17.0.